The van der Waals surface area contributed by atoms with Crippen molar-refractivity contribution in [3.8, 4) is 6.07 Å². The maximum atomic E-state index is 11.1. The van der Waals surface area contributed by atoms with E-state index in [0.717, 1.165) is 25.9 Å². The lowest BCUT2D eigenvalue weighted by Gasteiger charge is -2.25. The zero-order valence-corrected chi connectivity index (χ0v) is 6.55. The Labute approximate surface area is 66.6 Å². The highest BCUT2D eigenvalue weighted by Gasteiger charge is 2.14. The van der Waals surface area contributed by atoms with E-state index >= 15 is 0 Å². The van der Waals surface area contributed by atoms with Crippen LogP contribution in [0.3, 0.4) is 0 Å². The average Bonchev–Trinajstić information content (AvgIpc) is 2.07. The van der Waals surface area contributed by atoms with Crippen molar-refractivity contribution in [1.82, 2.24) is 4.90 Å². The van der Waals surface area contributed by atoms with Gasteiger partial charge < -0.3 is 4.90 Å². The van der Waals surface area contributed by atoms with Crippen LogP contribution in [0.1, 0.15) is 25.7 Å². The summed E-state index contributed by atoms with van der Waals surface area (Å²) in [4.78, 5) is 12.9. The van der Waals surface area contributed by atoms with Gasteiger partial charge in [-0.05, 0) is 19.3 Å². The minimum absolute atomic E-state index is 0.00722. The molecule has 1 aliphatic heterocycles. The van der Waals surface area contributed by atoms with Crippen LogP contribution >= 0.6 is 0 Å². The molecule has 0 N–H and O–H groups in total. The third-order valence-electron chi connectivity index (χ3n) is 1.94. The van der Waals surface area contributed by atoms with E-state index in [4.69, 9.17) is 5.26 Å². The summed E-state index contributed by atoms with van der Waals surface area (Å²) in [6, 6.07) is 1.87. The molecule has 1 heterocycles. The molecule has 0 aromatic carbocycles. The second kappa shape index (κ2) is 3.97. The average molecular weight is 152 g/mol. The molecule has 0 bridgehead atoms. The molecule has 0 aromatic rings. The monoisotopic (exact) mass is 152 g/mol. The van der Waals surface area contributed by atoms with E-state index in [1.807, 2.05) is 6.07 Å². The van der Waals surface area contributed by atoms with Crippen LogP contribution in [0.2, 0.25) is 0 Å². The van der Waals surface area contributed by atoms with Crippen molar-refractivity contribution >= 4 is 5.91 Å². The lowest BCUT2D eigenvalue weighted by molar-refractivity contribution is -0.130. The van der Waals surface area contributed by atoms with Crippen molar-refractivity contribution in [1.29, 1.82) is 5.26 Å². The van der Waals surface area contributed by atoms with Crippen LogP contribution in [0.15, 0.2) is 0 Å². The standard InChI is InChI=1S/C8H12N2O/c9-5-4-8(11)10-6-2-1-3-7-10/h1-4,6-7H2. The smallest absolute Gasteiger partial charge is 0.236 e. The first-order valence-corrected chi connectivity index (χ1v) is 3.99. The van der Waals surface area contributed by atoms with E-state index in [-0.39, 0.29) is 12.3 Å². The highest BCUT2D eigenvalue weighted by atomic mass is 16.2. The van der Waals surface area contributed by atoms with Crippen molar-refractivity contribution in [2.75, 3.05) is 13.1 Å². The quantitative estimate of drug-likeness (QED) is 0.560. The molecule has 11 heavy (non-hydrogen) atoms. The van der Waals surface area contributed by atoms with E-state index < -0.39 is 0 Å². The SMILES string of the molecule is N#CCC(=O)N1CCCCC1. The summed E-state index contributed by atoms with van der Waals surface area (Å²) >= 11 is 0. The van der Waals surface area contributed by atoms with Gasteiger partial charge in [0.2, 0.25) is 5.91 Å². The Morgan fingerprint density at radius 3 is 2.55 bits per heavy atom. The Kier molecular flexibility index (Phi) is 2.91. The van der Waals surface area contributed by atoms with Crippen LogP contribution in [-0.2, 0) is 4.79 Å². The van der Waals surface area contributed by atoms with Crippen LogP contribution < -0.4 is 0 Å². The maximum absolute atomic E-state index is 11.1. The zero-order chi connectivity index (χ0) is 8.10. The Balaban J connectivity index is 2.34. The van der Waals surface area contributed by atoms with Gasteiger partial charge in [-0.15, -0.1) is 0 Å². The third kappa shape index (κ3) is 2.23. The Morgan fingerprint density at radius 2 is 2.00 bits per heavy atom. The van der Waals surface area contributed by atoms with Crippen LogP contribution in [0.5, 0.6) is 0 Å². The van der Waals surface area contributed by atoms with Crippen LogP contribution in [0, 0.1) is 11.3 Å². The van der Waals surface area contributed by atoms with Crippen LogP contribution in [-0.4, -0.2) is 23.9 Å². The molecular weight excluding hydrogens is 140 g/mol. The molecular formula is C8H12N2O. The fraction of sp³-hybridized carbons (Fsp3) is 0.750. The van der Waals surface area contributed by atoms with Gasteiger partial charge in [0, 0.05) is 13.1 Å². The molecule has 0 saturated carbocycles. The molecule has 0 unspecified atom stereocenters. The number of nitriles is 1. The lowest BCUT2D eigenvalue weighted by Crippen LogP contribution is -2.35. The summed E-state index contributed by atoms with van der Waals surface area (Å²) in [6.45, 7) is 1.70. The first-order chi connectivity index (χ1) is 5.34. The third-order valence-corrected chi connectivity index (χ3v) is 1.94. The van der Waals surface area contributed by atoms with Gasteiger partial charge in [0.25, 0.3) is 0 Å². The topological polar surface area (TPSA) is 44.1 Å². The molecule has 1 amide bonds. The number of rotatable bonds is 1. The number of nitrogens with zero attached hydrogens (tertiary/aromatic N) is 2. The summed E-state index contributed by atoms with van der Waals surface area (Å²) < 4.78 is 0. The summed E-state index contributed by atoms with van der Waals surface area (Å²) in [7, 11) is 0. The maximum Gasteiger partial charge on any atom is 0.236 e. The second-order valence-corrected chi connectivity index (χ2v) is 2.78. The molecule has 3 nitrogen and oxygen atoms in total. The first-order valence-electron chi connectivity index (χ1n) is 3.99. The molecule has 1 rings (SSSR count). The van der Waals surface area contributed by atoms with Crippen molar-refractivity contribution < 1.29 is 4.79 Å². The largest absolute Gasteiger partial charge is 0.342 e. The highest BCUT2D eigenvalue weighted by Crippen LogP contribution is 2.09. The van der Waals surface area contributed by atoms with E-state index in [2.05, 4.69) is 0 Å². The minimum atomic E-state index is -0.00722. The lowest BCUT2D eigenvalue weighted by atomic mass is 10.1. The summed E-state index contributed by atoms with van der Waals surface area (Å²) in [5.41, 5.74) is 0. The molecule has 1 saturated heterocycles. The van der Waals surface area contributed by atoms with E-state index in [0.29, 0.717) is 0 Å². The van der Waals surface area contributed by atoms with Gasteiger partial charge >= 0.3 is 0 Å². The predicted octanol–water partition coefficient (Wildman–Crippen LogP) is 0.913. The van der Waals surface area contributed by atoms with Gasteiger partial charge in [0.1, 0.15) is 6.42 Å². The number of likely N-dealkylation sites (tertiary alicyclic amines) is 1. The molecule has 1 aliphatic rings. The zero-order valence-electron chi connectivity index (χ0n) is 6.55. The molecule has 0 spiro atoms. The van der Waals surface area contributed by atoms with Gasteiger partial charge in [0.05, 0.1) is 6.07 Å². The van der Waals surface area contributed by atoms with Crippen LogP contribution in [0.25, 0.3) is 0 Å². The van der Waals surface area contributed by atoms with Crippen molar-refractivity contribution in [2.24, 2.45) is 0 Å². The molecule has 1 fully saturated rings. The van der Waals surface area contributed by atoms with Gasteiger partial charge in [-0.2, -0.15) is 5.26 Å². The van der Waals surface area contributed by atoms with Gasteiger partial charge in [-0.1, -0.05) is 0 Å². The number of hydrogen-bond donors (Lipinski definition) is 0. The van der Waals surface area contributed by atoms with Gasteiger partial charge in [0.15, 0.2) is 0 Å². The fourth-order valence-electron chi connectivity index (χ4n) is 1.32. The second-order valence-electron chi connectivity index (χ2n) is 2.78. The molecule has 0 aromatic heterocycles. The Bertz CT molecular complexity index is 177. The minimum Gasteiger partial charge on any atom is -0.342 e. The number of hydrogen-bond acceptors (Lipinski definition) is 2. The van der Waals surface area contributed by atoms with E-state index in [9.17, 15) is 4.79 Å². The Hall–Kier alpha value is -1.04. The highest BCUT2D eigenvalue weighted by molar-refractivity contribution is 5.78. The van der Waals surface area contributed by atoms with Crippen LogP contribution in [0.4, 0.5) is 0 Å². The van der Waals surface area contributed by atoms with Crippen molar-refractivity contribution in [3.63, 3.8) is 0 Å². The summed E-state index contributed by atoms with van der Waals surface area (Å²) in [5, 5.41) is 8.27. The van der Waals surface area contributed by atoms with E-state index in [1.54, 1.807) is 4.90 Å². The number of amides is 1. The number of piperidine rings is 1. The molecule has 0 aliphatic carbocycles. The molecule has 3 heteroatoms. The molecule has 0 atom stereocenters. The summed E-state index contributed by atoms with van der Waals surface area (Å²) in [5.74, 6) is -0.00722. The molecule has 0 radical (unpaired) electrons. The predicted molar refractivity (Wildman–Crippen MR) is 40.7 cm³/mol. The fourth-order valence-corrected chi connectivity index (χ4v) is 1.32. The molecule has 60 valence electrons. The first kappa shape index (κ1) is 8.06. The number of carbonyl (C=O) groups excluding carboxylic acids is 1. The van der Waals surface area contributed by atoms with Crippen molar-refractivity contribution in [3.05, 3.63) is 0 Å². The number of carbonyl (C=O) groups is 1. The van der Waals surface area contributed by atoms with E-state index in [1.165, 1.54) is 6.42 Å². The van der Waals surface area contributed by atoms with Gasteiger partial charge in [-0.25, -0.2) is 0 Å². The van der Waals surface area contributed by atoms with Crippen molar-refractivity contribution in [2.45, 2.75) is 25.7 Å². The van der Waals surface area contributed by atoms with Gasteiger partial charge in [-0.3, -0.25) is 4.79 Å². The summed E-state index contributed by atoms with van der Waals surface area (Å²) in [6.07, 6.45) is 3.45. The Morgan fingerprint density at radius 1 is 1.36 bits per heavy atom. The normalized spacial score (nSPS) is 17.5.